The summed E-state index contributed by atoms with van der Waals surface area (Å²) in [6.45, 7) is 3.05. The number of rotatable bonds is 4. The van der Waals surface area contributed by atoms with Crippen LogP contribution < -0.4 is 4.74 Å². The van der Waals surface area contributed by atoms with Gasteiger partial charge in [0.05, 0.1) is 18.0 Å². The summed E-state index contributed by atoms with van der Waals surface area (Å²) >= 11 is 0. The molecule has 21 heavy (non-hydrogen) atoms. The first-order chi connectivity index (χ1) is 10.0. The Hall–Kier alpha value is -1.25. The lowest BCUT2D eigenvalue weighted by atomic mass is 9.86. The highest BCUT2D eigenvalue weighted by atomic mass is 32.2. The number of hydrogen-bond acceptors (Lipinski definition) is 6. The van der Waals surface area contributed by atoms with Crippen molar-refractivity contribution >= 4 is 10.0 Å². The summed E-state index contributed by atoms with van der Waals surface area (Å²) < 4.78 is 36.7. The molecule has 1 aromatic heterocycles. The van der Waals surface area contributed by atoms with Crippen LogP contribution in [0.2, 0.25) is 0 Å². The van der Waals surface area contributed by atoms with Crippen LogP contribution in [-0.2, 0) is 14.8 Å². The maximum absolute atomic E-state index is 11.8. The minimum absolute atomic E-state index is 0.0346. The second-order valence-corrected chi connectivity index (χ2v) is 7.72. The number of aromatic nitrogens is 2. The molecular formula is C13H19N3O4S. The topological polar surface area (TPSA) is 81.6 Å². The molecule has 0 aromatic carbocycles. The predicted molar refractivity (Wildman–Crippen MR) is 75.4 cm³/mol. The minimum atomic E-state index is -3.13. The highest BCUT2D eigenvalue weighted by Gasteiger charge is 2.51. The standard InChI is InChI=1S/C13H19N3O4S/c1-2-21(17,18)16-9-13(10-16)8-11(4-7-19-13)20-12-14-5-3-6-15-12/h3,5-6,11H,2,4,7-10H2,1H3. The molecule has 0 N–H and O–H groups in total. The van der Waals surface area contributed by atoms with E-state index < -0.39 is 15.6 Å². The van der Waals surface area contributed by atoms with Crippen LogP contribution in [0.5, 0.6) is 6.01 Å². The Bertz CT molecular complexity index is 587. The lowest BCUT2D eigenvalue weighted by molar-refractivity contribution is -0.165. The summed E-state index contributed by atoms with van der Waals surface area (Å²) in [4.78, 5) is 8.10. The van der Waals surface area contributed by atoms with Crippen molar-refractivity contribution in [1.82, 2.24) is 14.3 Å². The molecule has 1 unspecified atom stereocenters. The molecule has 116 valence electrons. The van der Waals surface area contributed by atoms with Gasteiger partial charge in [-0.15, -0.1) is 0 Å². The molecule has 2 aliphatic rings. The zero-order chi connectivity index (χ0) is 14.9. The normalized spacial score (nSPS) is 25.5. The molecule has 0 aliphatic carbocycles. The summed E-state index contributed by atoms with van der Waals surface area (Å²) in [5.41, 5.74) is -0.403. The van der Waals surface area contributed by atoms with E-state index in [4.69, 9.17) is 9.47 Å². The van der Waals surface area contributed by atoms with E-state index in [2.05, 4.69) is 9.97 Å². The summed E-state index contributed by atoms with van der Waals surface area (Å²) in [7, 11) is -3.13. The van der Waals surface area contributed by atoms with Crippen LogP contribution in [0, 0.1) is 0 Å². The number of ether oxygens (including phenoxy) is 2. The number of nitrogens with zero attached hydrogens (tertiary/aromatic N) is 3. The van der Waals surface area contributed by atoms with Crippen molar-refractivity contribution in [2.45, 2.75) is 31.5 Å². The molecule has 0 bridgehead atoms. The van der Waals surface area contributed by atoms with Crippen molar-refractivity contribution in [1.29, 1.82) is 0 Å². The lowest BCUT2D eigenvalue weighted by Gasteiger charge is -2.51. The van der Waals surface area contributed by atoms with E-state index in [1.54, 1.807) is 25.4 Å². The van der Waals surface area contributed by atoms with E-state index >= 15 is 0 Å². The first-order valence-corrected chi connectivity index (χ1v) is 8.69. The second kappa shape index (κ2) is 5.51. The van der Waals surface area contributed by atoms with E-state index in [1.807, 2.05) is 0 Å². The zero-order valence-electron chi connectivity index (χ0n) is 11.9. The molecule has 3 heterocycles. The summed E-state index contributed by atoms with van der Waals surface area (Å²) in [5.74, 6) is 0.126. The number of hydrogen-bond donors (Lipinski definition) is 0. The van der Waals surface area contributed by atoms with Crippen molar-refractivity contribution in [2.75, 3.05) is 25.4 Å². The van der Waals surface area contributed by atoms with E-state index in [0.29, 0.717) is 32.1 Å². The molecule has 2 aliphatic heterocycles. The Labute approximate surface area is 124 Å². The predicted octanol–water partition coefficient (Wildman–Crippen LogP) is 0.438. The molecule has 2 fully saturated rings. The molecule has 1 atom stereocenters. The fraction of sp³-hybridized carbons (Fsp3) is 0.692. The maximum atomic E-state index is 11.8. The van der Waals surface area contributed by atoms with Crippen LogP contribution in [0.4, 0.5) is 0 Å². The first-order valence-electron chi connectivity index (χ1n) is 7.08. The van der Waals surface area contributed by atoms with Crippen LogP contribution in [0.15, 0.2) is 18.5 Å². The molecule has 7 nitrogen and oxygen atoms in total. The quantitative estimate of drug-likeness (QED) is 0.802. The highest BCUT2D eigenvalue weighted by Crippen LogP contribution is 2.36. The highest BCUT2D eigenvalue weighted by molar-refractivity contribution is 7.89. The Morgan fingerprint density at radius 2 is 2.14 bits per heavy atom. The van der Waals surface area contributed by atoms with Crippen molar-refractivity contribution < 1.29 is 17.9 Å². The fourth-order valence-electron chi connectivity index (χ4n) is 2.77. The van der Waals surface area contributed by atoms with Gasteiger partial charge >= 0.3 is 6.01 Å². The van der Waals surface area contributed by atoms with Crippen LogP contribution in [0.3, 0.4) is 0 Å². The monoisotopic (exact) mass is 313 g/mol. The lowest BCUT2D eigenvalue weighted by Crippen LogP contribution is -2.67. The SMILES string of the molecule is CCS(=O)(=O)N1CC2(CC(Oc3ncccn3)CCO2)C1. The molecule has 8 heteroatoms. The Morgan fingerprint density at radius 1 is 1.43 bits per heavy atom. The molecule has 1 spiro atoms. The van der Waals surface area contributed by atoms with Gasteiger partial charge in [-0.1, -0.05) is 0 Å². The largest absolute Gasteiger partial charge is 0.460 e. The van der Waals surface area contributed by atoms with Gasteiger partial charge in [-0.2, -0.15) is 4.31 Å². The Balaban J connectivity index is 1.60. The summed E-state index contributed by atoms with van der Waals surface area (Å²) in [5, 5.41) is 0. The van der Waals surface area contributed by atoms with E-state index in [1.165, 1.54) is 4.31 Å². The maximum Gasteiger partial charge on any atom is 0.316 e. The molecule has 0 saturated carbocycles. The summed E-state index contributed by atoms with van der Waals surface area (Å²) in [6, 6.07) is 2.09. The van der Waals surface area contributed by atoms with Crippen molar-refractivity contribution in [3.63, 3.8) is 0 Å². The molecule has 0 amide bonds. The van der Waals surface area contributed by atoms with Crippen molar-refractivity contribution in [3.8, 4) is 6.01 Å². The van der Waals surface area contributed by atoms with Gasteiger partial charge in [0.25, 0.3) is 0 Å². The Morgan fingerprint density at radius 3 is 2.81 bits per heavy atom. The van der Waals surface area contributed by atoms with Crippen LogP contribution in [0.1, 0.15) is 19.8 Å². The van der Waals surface area contributed by atoms with Crippen LogP contribution in [0.25, 0.3) is 0 Å². The molecular weight excluding hydrogens is 294 g/mol. The van der Waals surface area contributed by atoms with Gasteiger partial charge in [-0.3, -0.25) is 0 Å². The van der Waals surface area contributed by atoms with Crippen LogP contribution in [-0.4, -0.2) is 59.8 Å². The van der Waals surface area contributed by atoms with Gasteiger partial charge in [0.2, 0.25) is 10.0 Å². The Kier molecular flexibility index (Phi) is 3.85. The molecule has 3 rings (SSSR count). The van der Waals surface area contributed by atoms with Gasteiger partial charge < -0.3 is 9.47 Å². The second-order valence-electron chi connectivity index (χ2n) is 5.46. The third kappa shape index (κ3) is 3.02. The van der Waals surface area contributed by atoms with Crippen LogP contribution >= 0.6 is 0 Å². The summed E-state index contributed by atoms with van der Waals surface area (Å²) in [6.07, 6.45) is 4.67. The van der Waals surface area contributed by atoms with E-state index in [0.717, 1.165) is 6.42 Å². The number of sulfonamides is 1. The molecule has 1 aromatic rings. The first kappa shape index (κ1) is 14.7. The van der Waals surface area contributed by atoms with Gasteiger partial charge in [-0.25, -0.2) is 18.4 Å². The van der Waals surface area contributed by atoms with Gasteiger partial charge in [-0.05, 0) is 13.0 Å². The average molecular weight is 313 g/mol. The average Bonchev–Trinajstić information content (AvgIpc) is 2.46. The van der Waals surface area contributed by atoms with E-state index in [-0.39, 0.29) is 11.9 Å². The third-order valence-corrected chi connectivity index (χ3v) is 5.72. The van der Waals surface area contributed by atoms with Crippen molar-refractivity contribution in [2.24, 2.45) is 0 Å². The van der Waals surface area contributed by atoms with Gasteiger partial charge in [0.1, 0.15) is 6.10 Å². The van der Waals surface area contributed by atoms with Gasteiger partial charge in [0.15, 0.2) is 0 Å². The molecule has 0 radical (unpaired) electrons. The minimum Gasteiger partial charge on any atom is -0.460 e. The zero-order valence-corrected chi connectivity index (χ0v) is 12.8. The molecule has 2 saturated heterocycles. The van der Waals surface area contributed by atoms with E-state index in [9.17, 15) is 8.42 Å². The van der Waals surface area contributed by atoms with Crippen molar-refractivity contribution in [3.05, 3.63) is 18.5 Å². The third-order valence-electron chi connectivity index (χ3n) is 3.95. The smallest absolute Gasteiger partial charge is 0.316 e. The fourth-order valence-corrected chi connectivity index (χ4v) is 4.00. The van der Waals surface area contributed by atoms with Gasteiger partial charge in [0, 0.05) is 38.3 Å².